The first-order chi connectivity index (χ1) is 8.74. The van der Waals surface area contributed by atoms with Gasteiger partial charge in [-0.05, 0) is 55.2 Å². The molecule has 3 nitrogen and oxygen atoms in total. The highest BCUT2D eigenvalue weighted by atomic mass is 16.3. The van der Waals surface area contributed by atoms with Crippen LogP contribution in [0.3, 0.4) is 0 Å². The zero-order chi connectivity index (χ0) is 12.5. The zero-order valence-electron chi connectivity index (χ0n) is 10.4. The van der Waals surface area contributed by atoms with E-state index in [4.69, 9.17) is 4.42 Å². The molecule has 0 fully saturated rings. The number of nitrogens with one attached hydrogen (secondary N) is 1. The molecule has 1 aliphatic rings. The third kappa shape index (κ3) is 2.02. The maximum Gasteiger partial charge on any atom is 0.120 e. The second-order valence-electron chi connectivity index (χ2n) is 4.88. The number of fused-ring (bicyclic) bond motifs is 1. The summed E-state index contributed by atoms with van der Waals surface area (Å²) in [7, 11) is 0. The first-order valence-corrected chi connectivity index (χ1v) is 6.35. The molecule has 0 aliphatic heterocycles. The molecule has 2 N–H and O–H groups in total. The van der Waals surface area contributed by atoms with Crippen molar-refractivity contribution in [2.75, 3.05) is 0 Å². The average Bonchev–Trinajstić information content (AvgIpc) is 2.98. The molecule has 3 rings (SSSR count). The molecule has 1 unspecified atom stereocenters. The highest BCUT2D eigenvalue weighted by Crippen LogP contribution is 2.34. The van der Waals surface area contributed by atoms with Gasteiger partial charge in [-0.25, -0.2) is 0 Å². The molecule has 0 spiro atoms. The number of benzene rings is 1. The van der Waals surface area contributed by atoms with Gasteiger partial charge in [-0.2, -0.15) is 0 Å². The molecule has 1 aliphatic carbocycles. The van der Waals surface area contributed by atoms with Crippen LogP contribution in [-0.4, -0.2) is 5.11 Å². The Hall–Kier alpha value is -1.74. The predicted octanol–water partition coefficient (Wildman–Crippen LogP) is 3.32. The third-order valence-corrected chi connectivity index (χ3v) is 3.63. The lowest BCUT2D eigenvalue weighted by Gasteiger charge is -2.18. The molecule has 0 bridgehead atoms. The maximum atomic E-state index is 9.48. The van der Waals surface area contributed by atoms with Gasteiger partial charge in [0.1, 0.15) is 11.5 Å². The molecule has 18 heavy (non-hydrogen) atoms. The summed E-state index contributed by atoms with van der Waals surface area (Å²) in [5.74, 6) is 1.32. The van der Waals surface area contributed by atoms with E-state index in [0.717, 1.165) is 18.6 Å². The Balaban J connectivity index is 1.77. The summed E-state index contributed by atoms with van der Waals surface area (Å²) < 4.78 is 5.41. The molecular weight excluding hydrogens is 226 g/mol. The summed E-state index contributed by atoms with van der Waals surface area (Å²) in [6.07, 6.45) is 3.80. The van der Waals surface area contributed by atoms with Crippen LogP contribution in [0.2, 0.25) is 0 Å². The van der Waals surface area contributed by atoms with Crippen LogP contribution in [0.1, 0.15) is 42.3 Å². The monoisotopic (exact) mass is 243 g/mol. The van der Waals surface area contributed by atoms with Gasteiger partial charge in [-0.1, -0.05) is 6.07 Å². The summed E-state index contributed by atoms with van der Waals surface area (Å²) in [4.78, 5) is 0. The number of phenols is 1. The summed E-state index contributed by atoms with van der Waals surface area (Å²) in [6, 6.07) is 10.1. The largest absolute Gasteiger partial charge is 0.508 e. The highest BCUT2D eigenvalue weighted by Gasteiger charge is 2.24. The van der Waals surface area contributed by atoms with Crippen LogP contribution in [0.25, 0.3) is 0 Å². The molecule has 1 aromatic heterocycles. The number of rotatable bonds is 3. The molecule has 1 heterocycles. The number of hydrogen-bond donors (Lipinski definition) is 2. The van der Waals surface area contributed by atoms with Gasteiger partial charge in [-0.15, -0.1) is 0 Å². The third-order valence-electron chi connectivity index (χ3n) is 3.63. The fraction of sp³-hybridized carbons (Fsp3) is 0.333. The fourth-order valence-corrected chi connectivity index (χ4v) is 2.70. The van der Waals surface area contributed by atoms with Crippen molar-refractivity contribution >= 4 is 0 Å². The molecule has 94 valence electrons. The lowest BCUT2D eigenvalue weighted by Crippen LogP contribution is -2.22. The summed E-state index contributed by atoms with van der Waals surface area (Å²) in [6.45, 7) is 2.11. The quantitative estimate of drug-likeness (QED) is 0.869. The van der Waals surface area contributed by atoms with E-state index >= 15 is 0 Å². The topological polar surface area (TPSA) is 45.4 Å². The fourth-order valence-electron chi connectivity index (χ4n) is 2.70. The number of furan rings is 1. The van der Waals surface area contributed by atoms with Crippen molar-refractivity contribution in [1.82, 2.24) is 5.32 Å². The van der Waals surface area contributed by atoms with Crippen molar-refractivity contribution in [2.45, 2.75) is 31.8 Å². The SMILES string of the molecule is C[C@H](NC1CCc2cc(O)ccc21)c1ccco1. The molecule has 2 aromatic rings. The van der Waals surface area contributed by atoms with Gasteiger partial charge in [-0.3, -0.25) is 0 Å². The minimum Gasteiger partial charge on any atom is -0.508 e. The number of aryl methyl sites for hydroxylation is 1. The Morgan fingerprint density at radius 1 is 1.39 bits per heavy atom. The van der Waals surface area contributed by atoms with Gasteiger partial charge >= 0.3 is 0 Å². The first-order valence-electron chi connectivity index (χ1n) is 6.35. The van der Waals surface area contributed by atoms with Crippen LogP contribution in [0.15, 0.2) is 41.0 Å². The second-order valence-corrected chi connectivity index (χ2v) is 4.88. The number of phenolic OH excluding ortho intramolecular Hbond substituents is 1. The van der Waals surface area contributed by atoms with Crippen LogP contribution in [0, 0.1) is 0 Å². The van der Waals surface area contributed by atoms with Crippen molar-refractivity contribution in [3.63, 3.8) is 0 Å². The minimum atomic E-state index is 0.199. The standard InChI is InChI=1S/C15H17NO2/c1-10(15-3-2-8-18-15)16-14-7-4-11-9-12(17)5-6-13(11)14/h2-3,5-6,8-10,14,16-17H,4,7H2,1H3/t10-,14?/m0/s1. The summed E-state index contributed by atoms with van der Waals surface area (Å²) >= 11 is 0. The van der Waals surface area contributed by atoms with Crippen molar-refractivity contribution in [3.8, 4) is 5.75 Å². The van der Waals surface area contributed by atoms with Crippen LogP contribution < -0.4 is 5.32 Å². The van der Waals surface area contributed by atoms with Crippen molar-refractivity contribution in [2.24, 2.45) is 0 Å². The Bertz CT molecular complexity index is 533. The predicted molar refractivity (Wildman–Crippen MR) is 69.4 cm³/mol. The Labute approximate surface area is 106 Å². The second kappa shape index (κ2) is 4.50. The normalized spacial score (nSPS) is 19.7. The number of hydrogen-bond acceptors (Lipinski definition) is 3. The first kappa shape index (κ1) is 11.4. The summed E-state index contributed by atoms with van der Waals surface area (Å²) in [5.41, 5.74) is 2.55. The van der Waals surface area contributed by atoms with Crippen molar-refractivity contribution in [3.05, 3.63) is 53.5 Å². The van der Waals surface area contributed by atoms with E-state index in [1.807, 2.05) is 24.3 Å². The maximum absolute atomic E-state index is 9.48. The Morgan fingerprint density at radius 2 is 2.28 bits per heavy atom. The molecule has 0 amide bonds. The molecule has 3 heteroatoms. The van der Waals surface area contributed by atoms with Crippen LogP contribution >= 0.6 is 0 Å². The molecule has 0 saturated heterocycles. The van der Waals surface area contributed by atoms with E-state index in [1.165, 1.54) is 11.1 Å². The molecule has 1 aromatic carbocycles. The molecular formula is C15H17NO2. The van der Waals surface area contributed by atoms with Crippen molar-refractivity contribution in [1.29, 1.82) is 0 Å². The number of aromatic hydroxyl groups is 1. The van der Waals surface area contributed by atoms with Gasteiger partial charge in [0.2, 0.25) is 0 Å². The van der Waals surface area contributed by atoms with E-state index in [1.54, 1.807) is 12.3 Å². The Morgan fingerprint density at radius 3 is 3.06 bits per heavy atom. The van der Waals surface area contributed by atoms with Gasteiger partial charge < -0.3 is 14.8 Å². The smallest absolute Gasteiger partial charge is 0.120 e. The van der Waals surface area contributed by atoms with E-state index in [2.05, 4.69) is 12.2 Å². The van der Waals surface area contributed by atoms with Gasteiger partial charge in [0.25, 0.3) is 0 Å². The van der Waals surface area contributed by atoms with E-state index in [0.29, 0.717) is 11.8 Å². The van der Waals surface area contributed by atoms with Gasteiger partial charge in [0, 0.05) is 6.04 Å². The molecule has 2 atom stereocenters. The van der Waals surface area contributed by atoms with Crippen LogP contribution in [0.4, 0.5) is 0 Å². The van der Waals surface area contributed by atoms with E-state index in [9.17, 15) is 5.11 Å². The van der Waals surface area contributed by atoms with Crippen LogP contribution in [-0.2, 0) is 6.42 Å². The van der Waals surface area contributed by atoms with Crippen LogP contribution in [0.5, 0.6) is 5.75 Å². The van der Waals surface area contributed by atoms with E-state index in [-0.39, 0.29) is 6.04 Å². The molecule has 0 radical (unpaired) electrons. The summed E-state index contributed by atoms with van der Waals surface area (Å²) in [5, 5.41) is 13.1. The minimum absolute atomic E-state index is 0.199. The molecule has 0 saturated carbocycles. The van der Waals surface area contributed by atoms with Gasteiger partial charge in [0.05, 0.1) is 12.3 Å². The van der Waals surface area contributed by atoms with Gasteiger partial charge in [0.15, 0.2) is 0 Å². The lowest BCUT2D eigenvalue weighted by molar-refractivity contribution is 0.391. The highest BCUT2D eigenvalue weighted by molar-refractivity contribution is 5.40. The van der Waals surface area contributed by atoms with Crippen molar-refractivity contribution < 1.29 is 9.52 Å². The van der Waals surface area contributed by atoms with E-state index < -0.39 is 0 Å². The Kier molecular flexibility index (Phi) is 2.84. The average molecular weight is 243 g/mol. The zero-order valence-corrected chi connectivity index (χ0v) is 10.4. The lowest BCUT2D eigenvalue weighted by atomic mass is 10.1.